The Labute approximate surface area is 182 Å². The molecule has 0 bridgehead atoms. The molecular weight excluding hydrogens is 398 g/mol. The number of aryl methyl sites for hydroxylation is 3. The van der Waals surface area contributed by atoms with Crippen molar-refractivity contribution >= 4 is 34.0 Å². The zero-order valence-corrected chi connectivity index (χ0v) is 18.3. The number of hydrogen-bond donors (Lipinski definition) is 0. The van der Waals surface area contributed by atoms with E-state index >= 15 is 0 Å². The Morgan fingerprint density at radius 1 is 0.931 bits per heavy atom. The van der Waals surface area contributed by atoms with E-state index in [0.717, 1.165) is 17.0 Å². The summed E-state index contributed by atoms with van der Waals surface area (Å²) in [6, 6.07) is 19.3. The zero-order chi connectivity index (χ0) is 19.1. The fraction of sp³-hybridized carbons (Fsp3) is 0.240. The molecule has 0 atom stereocenters. The molecule has 0 radical (unpaired) electrons. The normalized spacial score (nSPS) is 13.0. The van der Waals surface area contributed by atoms with E-state index in [0.29, 0.717) is 0 Å². The molecule has 2 aromatic heterocycles. The molecule has 148 valence electrons. The highest BCUT2D eigenvalue weighted by Gasteiger charge is 2.21. The van der Waals surface area contributed by atoms with Crippen LogP contribution in [0.2, 0.25) is 0 Å². The topological polar surface area (TPSA) is 22.1 Å². The van der Waals surface area contributed by atoms with E-state index in [2.05, 4.69) is 49.4 Å². The molecule has 0 spiro atoms. The highest BCUT2D eigenvalue weighted by molar-refractivity contribution is 7.19. The number of methoxy groups -OCH3 is 1. The highest BCUT2D eigenvalue weighted by atomic mass is 35.5. The van der Waals surface area contributed by atoms with E-state index in [1.807, 2.05) is 23.5 Å². The monoisotopic (exact) mass is 421 g/mol. The molecule has 2 heterocycles. The minimum atomic E-state index is 0. The molecule has 0 fully saturated rings. The molecule has 1 aliphatic rings. The van der Waals surface area contributed by atoms with Crippen molar-refractivity contribution in [1.29, 1.82) is 0 Å². The molecule has 4 aromatic rings. The number of benzene rings is 2. The maximum absolute atomic E-state index is 5.32. The van der Waals surface area contributed by atoms with Crippen LogP contribution in [0, 0.1) is 6.92 Å². The Kier molecular flexibility index (Phi) is 5.62. The van der Waals surface area contributed by atoms with Crippen molar-refractivity contribution in [1.82, 2.24) is 4.98 Å². The smallest absolute Gasteiger partial charge is 0.125 e. The van der Waals surface area contributed by atoms with E-state index in [9.17, 15) is 0 Å². The van der Waals surface area contributed by atoms with Gasteiger partial charge in [-0.05, 0) is 79.6 Å². The maximum atomic E-state index is 5.32. The largest absolute Gasteiger partial charge is 0.497 e. The summed E-state index contributed by atoms with van der Waals surface area (Å²) < 4.78 is 5.32. The van der Waals surface area contributed by atoms with Crippen molar-refractivity contribution < 1.29 is 4.74 Å². The number of hydrogen-bond acceptors (Lipinski definition) is 3. The number of pyridine rings is 1. The molecule has 4 heteroatoms. The van der Waals surface area contributed by atoms with E-state index in [-0.39, 0.29) is 12.4 Å². The van der Waals surface area contributed by atoms with Gasteiger partial charge in [0.15, 0.2) is 0 Å². The second-order valence-electron chi connectivity index (χ2n) is 7.54. The zero-order valence-electron chi connectivity index (χ0n) is 16.7. The van der Waals surface area contributed by atoms with Crippen LogP contribution in [-0.4, -0.2) is 12.1 Å². The van der Waals surface area contributed by atoms with Gasteiger partial charge in [0.2, 0.25) is 0 Å². The quantitative estimate of drug-likeness (QED) is 0.347. The van der Waals surface area contributed by atoms with Gasteiger partial charge in [0.25, 0.3) is 0 Å². The van der Waals surface area contributed by atoms with Gasteiger partial charge in [-0.1, -0.05) is 29.8 Å². The van der Waals surface area contributed by atoms with Crippen molar-refractivity contribution in [3.8, 4) is 28.1 Å². The van der Waals surface area contributed by atoms with Gasteiger partial charge in [-0.25, -0.2) is 4.98 Å². The lowest BCUT2D eigenvalue weighted by atomic mass is 9.91. The third-order valence-electron chi connectivity index (χ3n) is 5.64. The maximum Gasteiger partial charge on any atom is 0.125 e. The summed E-state index contributed by atoms with van der Waals surface area (Å²) in [5, 5.41) is 1.38. The number of fused-ring (bicyclic) bond motifs is 3. The van der Waals surface area contributed by atoms with Gasteiger partial charge >= 0.3 is 0 Å². The Morgan fingerprint density at radius 3 is 2.48 bits per heavy atom. The van der Waals surface area contributed by atoms with Crippen LogP contribution >= 0.6 is 23.7 Å². The molecule has 0 amide bonds. The molecular formula is C25H24ClNOS. The summed E-state index contributed by atoms with van der Waals surface area (Å²) in [5.41, 5.74) is 7.59. The van der Waals surface area contributed by atoms with Crippen LogP contribution in [0.15, 0.2) is 54.6 Å². The van der Waals surface area contributed by atoms with Gasteiger partial charge < -0.3 is 4.74 Å². The molecule has 29 heavy (non-hydrogen) atoms. The Balaban J connectivity index is 0.00000205. The van der Waals surface area contributed by atoms with E-state index in [4.69, 9.17) is 9.72 Å². The lowest BCUT2D eigenvalue weighted by Crippen LogP contribution is -1.99. The summed E-state index contributed by atoms with van der Waals surface area (Å²) >= 11 is 1.89. The van der Waals surface area contributed by atoms with Crippen LogP contribution < -0.4 is 4.74 Å². The number of thiophene rings is 1. The molecule has 0 saturated carbocycles. The van der Waals surface area contributed by atoms with Gasteiger partial charge in [0, 0.05) is 15.8 Å². The van der Waals surface area contributed by atoms with Crippen molar-refractivity contribution in [2.45, 2.75) is 32.6 Å². The standard InChI is InChI=1S/C25H23NOS.ClH/c1-16-6-5-7-18(14-16)21-15-22(17-10-12-19(27-2)13-11-17)26-25-24(21)20-8-3-4-9-23(20)28-25;/h5-7,10-15H,3-4,8-9H2,1-2H3;1H. The highest BCUT2D eigenvalue weighted by Crippen LogP contribution is 2.42. The van der Waals surface area contributed by atoms with Crippen LogP contribution in [-0.2, 0) is 12.8 Å². The fourth-order valence-electron chi connectivity index (χ4n) is 4.21. The van der Waals surface area contributed by atoms with Crippen LogP contribution in [0.4, 0.5) is 0 Å². The average molecular weight is 422 g/mol. The van der Waals surface area contributed by atoms with Gasteiger partial charge in [-0.15, -0.1) is 23.7 Å². The molecule has 5 rings (SSSR count). The molecule has 1 aliphatic carbocycles. The number of aromatic nitrogens is 1. The Hall–Kier alpha value is -2.36. The number of ether oxygens (including phenoxy) is 1. The molecule has 0 aliphatic heterocycles. The number of halogens is 1. The van der Waals surface area contributed by atoms with Gasteiger partial charge in [0.05, 0.1) is 12.8 Å². The van der Waals surface area contributed by atoms with Crippen LogP contribution in [0.3, 0.4) is 0 Å². The summed E-state index contributed by atoms with van der Waals surface area (Å²) in [6.45, 7) is 2.16. The Bertz CT molecular complexity index is 1160. The molecule has 0 unspecified atom stereocenters. The van der Waals surface area contributed by atoms with Crippen LogP contribution in [0.25, 0.3) is 32.6 Å². The summed E-state index contributed by atoms with van der Waals surface area (Å²) in [5.74, 6) is 0.871. The molecule has 2 aromatic carbocycles. The predicted octanol–water partition coefficient (Wildman–Crippen LogP) is 7.25. The summed E-state index contributed by atoms with van der Waals surface area (Å²) in [7, 11) is 1.70. The molecule has 0 N–H and O–H groups in total. The number of rotatable bonds is 3. The van der Waals surface area contributed by atoms with Crippen LogP contribution in [0.5, 0.6) is 5.75 Å². The second-order valence-corrected chi connectivity index (χ2v) is 8.63. The predicted molar refractivity (Wildman–Crippen MR) is 126 cm³/mol. The third-order valence-corrected chi connectivity index (χ3v) is 6.83. The molecule has 2 nitrogen and oxygen atoms in total. The van der Waals surface area contributed by atoms with Gasteiger partial charge in [0.1, 0.15) is 10.6 Å². The van der Waals surface area contributed by atoms with Crippen molar-refractivity contribution in [2.75, 3.05) is 7.11 Å². The van der Waals surface area contributed by atoms with E-state index in [1.54, 1.807) is 7.11 Å². The average Bonchev–Trinajstić information content (AvgIpc) is 3.11. The minimum Gasteiger partial charge on any atom is -0.497 e. The minimum absolute atomic E-state index is 0. The van der Waals surface area contributed by atoms with Crippen LogP contribution in [0.1, 0.15) is 28.8 Å². The lowest BCUT2D eigenvalue weighted by Gasteiger charge is -2.14. The van der Waals surface area contributed by atoms with Crippen molar-refractivity contribution in [3.05, 3.63) is 70.6 Å². The summed E-state index contributed by atoms with van der Waals surface area (Å²) in [4.78, 5) is 7.81. The van der Waals surface area contributed by atoms with E-state index < -0.39 is 0 Å². The fourth-order valence-corrected chi connectivity index (χ4v) is 5.49. The molecule has 0 saturated heterocycles. The van der Waals surface area contributed by atoms with Gasteiger partial charge in [-0.3, -0.25) is 0 Å². The second kappa shape index (κ2) is 8.17. The first-order valence-corrected chi connectivity index (χ1v) is 10.7. The third kappa shape index (κ3) is 3.65. The first-order valence-electron chi connectivity index (χ1n) is 9.90. The SMILES string of the molecule is COc1ccc(-c2cc(-c3cccc(C)c3)c3c4c(sc3n2)CCCC4)cc1.Cl. The first-order chi connectivity index (χ1) is 13.7. The van der Waals surface area contributed by atoms with E-state index in [1.165, 1.54) is 63.0 Å². The lowest BCUT2D eigenvalue weighted by molar-refractivity contribution is 0.415. The number of nitrogens with zero attached hydrogens (tertiary/aromatic N) is 1. The first kappa shape index (κ1) is 19.9. The van der Waals surface area contributed by atoms with Gasteiger partial charge in [-0.2, -0.15) is 0 Å². The summed E-state index contributed by atoms with van der Waals surface area (Å²) in [6.07, 6.45) is 4.95. The Morgan fingerprint density at radius 2 is 1.72 bits per heavy atom. The van der Waals surface area contributed by atoms with Crippen molar-refractivity contribution in [2.24, 2.45) is 0 Å². The van der Waals surface area contributed by atoms with Crippen molar-refractivity contribution in [3.63, 3.8) is 0 Å².